The van der Waals surface area contributed by atoms with Crippen molar-refractivity contribution in [1.29, 1.82) is 0 Å². The van der Waals surface area contributed by atoms with E-state index in [2.05, 4.69) is 20.8 Å². The average molecular weight is 224 g/mol. The van der Waals surface area contributed by atoms with Gasteiger partial charge in [0.05, 0.1) is 17.6 Å². The van der Waals surface area contributed by atoms with Crippen molar-refractivity contribution in [3.05, 3.63) is 0 Å². The van der Waals surface area contributed by atoms with Crippen molar-refractivity contribution in [2.75, 3.05) is 0 Å². The van der Waals surface area contributed by atoms with Crippen LogP contribution in [0.2, 0.25) is 0 Å². The molecular weight excluding hydrogens is 200 g/mol. The van der Waals surface area contributed by atoms with Crippen LogP contribution in [-0.2, 0) is 9.53 Å². The zero-order valence-corrected chi connectivity index (χ0v) is 10.8. The molecule has 2 aliphatic carbocycles. The molecule has 2 atom stereocenters. The number of rotatable bonds is 4. The largest absolute Gasteiger partial charge is 0.374 e. The minimum atomic E-state index is -0.0504. The van der Waals surface area contributed by atoms with Crippen LogP contribution in [0.4, 0.5) is 0 Å². The average Bonchev–Trinajstić information content (AvgIpc) is 2.67. The Morgan fingerprint density at radius 2 is 1.94 bits per heavy atom. The van der Waals surface area contributed by atoms with E-state index in [0.717, 1.165) is 19.3 Å². The van der Waals surface area contributed by atoms with E-state index in [0.29, 0.717) is 24.2 Å². The van der Waals surface area contributed by atoms with Crippen molar-refractivity contribution in [3.8, 4) is 0 Å². The highest BCUT2D eigenvalue weighted by Crippen LogP contribution is 2.52. The minimum Gasteiger partial charge on any atom is -0.374 e. The Kier molecular flexibility index (Phi) is 3.39. The third-order valence-electron chi connectivity index (χ3n) is 4.24. The zero-order valence-electron chi connectivity index (χ0n) is 10.8. The first-order valence-electron chi connectivity index (χ1n) is 6.73. The van der Waals surface area contributed by atoms with Crippen molar-refractivity contribution in [1.82, 2.24) is 0 Å². The highest BCUT2D eigenvalue weighted by atomic mass is 16.5. The summed E-state index contributed by atoms with van der Waals surface area (Å²) in [6, 6.07) is 0. The summed E-state index contributed by atoms with van der Waals surface area (Å²) in [5.74, 6) is 1.14. The third kappa shape index (κ3) is 2.04. The summed E-state index contributed by atoms with van der Waals surface area (Å²) < 4.78 is 6.08. The van der Waals surface area contributed by atoms with Gasteiger partial charge in [-0.25, -0.2) is 0 Å². The molecule has 92 valence electrons. The van der Waals surface area contributed by atoms with E-state index in [-0.39, 0.29) is 11.5 Å². The normalized spacial score (nSPS) is 29.8. The van der Waals surface area contributed by atoms with Gasteiger partial charge in [0, 0.05) is 6.42 Å². The van der Waals surface area contributed by atoms with Gasteiger partial charge in [0.25, 0.3) is 0 Å². The van der Waals surface area contributed by atoms with Crippen LogP contribution in [0.1, 0.15) is 59.3 Å². The molecule has 2 nitrogen and oxygen atoms in total. The van der Waals surface area contributed by atoms with Crippen molar-refractivity contribution in [2.45, 2.75) is 71.5 Å². The van der Waals surface area contributed by atoms with Crippen LogP contribution >= 0.6 is 0 Å². The van der Waals surface area contributed by atoms with Gasteiger partial charge < -0.3 is 4.74 Å². The van der Waals surface area contributed by atoms with Crippen LogP contribution in [0.3, 0.4) is 0 Å². The maximum Gasteiger partial charge on any atom is 0.144 e. The molecule has 0 bridgehead atoms. The van der Waals surface area contributed by atoms with Crippen molar-refractivity contribution in [3.63, 3.8) is 0 Å². The fourth-order valence-corrected chi connectivity index (χ4v) is 3.40. The van der Waals surface area contributed by atoms with Crippen molar-refractivity contribution >= 4 is 5.78 Å². The number of hydrogen-bond donors (Lipinski definition) is 0. The number of ketones is 1. The fraction of sp³-hybridized carbons (Fsp3) is 0.929. The molecular formula is C14H24O2. The Morgan fingerprint density at radius 1 is 1.31 bits per heavy atom. The first-order chi connectivity index (χ1) is 7.54. The van der Waals surface area contributed by atoms with Gasteiger partial charge in [0.15, 0.2) is 0 Å². The lowest BCUT2D eigenvalue weighted by Crippen LogP contribution is -2.54. The molecule has 0 aromatic carbocycles. The first-order valence-corrected chi connectivity index (χ1v) is 6.73. The van der Waals surface area contributed by atoms with E-state index in [1.165, 1.54) is 12.8 Å². The molecule has 0 N–H and O–H groups in total. The molecule has 0 heterocycles. The van der Waals surface area contributed by atoms with Gasteiger partial charge in [-0.05, 0) is 32.1 Å². The van der Waals surface area contributed by atoms with E-state index >= 15 is 0 Å². The smallest absolute Gasteiger partial charge is 0.144 e. The zero-order chi connectivity index (χ0) is 11.8. The van der Waals surface area contributed by atoms with E-state index in [1.54, 1.807) is 0 Å². The van der Waals surface area contributed by atoms with E-state index in [9.17, 15) is 4.79 Å². The Bertz CT molecular complexity index is 264. The van der Waals surface area contributed by atoms with Crippen LogP contribution in [0.15, 0.2) is 0 Å². The number of carbonyl (C=O) groups excluding carboxylic acids is 1. The predicted octanol–water partition coefficient (Wildman–Crippen LogP) is 3.34. The standard InChI is InChI=1S/C14H24O2/c1-10(2)8-11(3)16-13-9-12(15)14(13)6-4-5-7-14/h10-11,13H,4-9H2,1-3H3. The molecule has 1 spiro atoms. The summed E-state index contributed by atoms with van der Waals surface area (Å²) in [5.41, 5.74) is -0.0504. The van der Waals surface area contributed by atoms with Gasteiger partial charge in [0.1, 0.15) is 5.78 Å². The maximum absolute atomic E-state index is 11.8. The van der Waals surface area contributed by atoms with Gasteiger partial charge in [-0.3, -0.25) is 4.79 Å². The first kappa shape index (κ1) is 12.1. The molecule has 16 heavy (non-hydrogen) atoms. The highest BCUT2D eigenvalue weighted by Gasteiger charge is 2.56. The molecule has 2 heteroatoms. The van der Waals surface area contributed by atoms with Crippen LogP contribution in [0.25, 0.3) is 0 Å². The number of hydrogen-bond acceptors (Lipinski definition) is 2. The second-order valence-corrected chi connectivity index (χ2v) is 6.06. The summed E-state index contributed by atoms with van der Waals surface area (Å²) >= 11 is 0. The highest BCUT2D eigenvalue weighted by molar-refractivity contribution is 5.92. The fourth-order valence-electron chi connectivity index (χ4n) is 3.40. The third-order valence-corrected chi connectivity index (χ3v) is 4.24. The second-order valence-electron chi connectivity index (χ2n) is 6.06. The summed E-state index contributed by atoms with van der Waals surface area (Å²) in [6.07, 6.45) is 6.87. The van der Waals surface area contributed by atoms with E-state index < -0.39 is 0 Å². The maximum atomic E-state index is 11.8. The number of carbonyl (C=O) groups is 1. The topological polar surface area (TPSA) is 26.3 Å². The summed E-state index contributed by atoms with van der Waals surface area (Å²) in [4.78, 5) is 11.8. The number of ether oxygens (including phenoxy) is 1. The number of Topliss-reactive ketones (excluding diaryl/α,β-unsaturated/α-hetero) is 1. The molecule has 0 aromatic rings. The van der Waals surface area contributed by atoms with Gasteiger partial charge in [-0.1, -0.05) is 26.7 Å². The monoisotopic (exact) mass is 224 g/mol. The lowest BCUT2D eigenvalue weighted by molar-refractivity contribution is -0.170. The Morgan fingerprint density at radius 3 is 2.44 bits per heavy atom. The van der Waals surface area contributed by atoms with Gasteiger partial charge >= 0.3 is 0 Å². The van der Waals surface area contributed by atoms with Crippen LogP contribution in [0.5, 0.6) is 0 Å². The Balaban J connectivity index is 1.89. The summed E-state index contributed by atoms with van der Waals surface area (Å²) in [7, 11) is 0. The summed E-state index contributed by atoms with van der Waals surface area (Å²) in [6.45, 7) is 6.58. The minimum absolute atomic E-state index is 0.0504. The molecule has 2 fully saturated rings. The summed E-state index contributed by atoms with van der Waals surface area (Å²) in [5, 5.41) is 0. The van der Waals surface area contributed by atoms with Gasteiger partial charge in [-0.15, -0.1) is 0 Å². The quantitative estimate of drug-likeness (QED) is 0.732. The van der Waals surface area contributed by atoms with E-state index in [1.807, 2.05) is 0 Å². The van der Waals surface area contributed by atoms with Gasteiger partial charge in [-0.2, -0.15) is 0 Å². The molecule has 2 aliphatic rings. The molecule has 2 saturated carbocycles. The molecule has 2 rings (SSSR count). The Hall–Kier alpha value is -0.370. The van der Waals surface area contributed by atoms with Crippen molar-refractivity contribution in [2.24, 2.45) is 11.3 Å². The van der Waals surface area contributed by atoms with Crippen LogP contribution in [-0.4, -0.2) is 18.0 Å². The van der Waals surface area contributed by atoms with Gasteiger partial charge in [0.2, 0.25) is 0 Å². The molecule has 0 amide bonds. The molecule has 0 saturated heterocycles. The lowest BCUT2D eigenvalue weighted by Gasteiger charge is -2.46. The van der Waals surface area contributed by atoms with E-state index in [4.69, 9.17) is 4.74 Å². The SMILES string of the molecule is CC(C)CC(C)OC1CC(=O)C12CCCC2. The predicted molar refractivity (Wildman–Crippen MR) is 64.3 cm³/mol. The second kappa shape index (κ2) is 4.48. The molecule has 0 radical (unpaired) electrons. The molecule has 0 aromatic heterocycles. The van der Waals surface area contributed by atoms with Crippen molar-refractivity contribution < 1.29 is 9.53 Å². The van der Waals surface area contributed by atoms with Crippen LogP contribution < -0.4 is 0 Å². The lowest BCUT2D eigenvalue weighted by atomic mass is 9.63. The molecule has 0 aliphatic heterocycles. The molecule has 2 unspecified atom stereocenters. The Labute approximate surface area is 98.7 Å². The van der Waals surface area contributed by atoms with Crippen LogP contribution in [0, 0.1) is 11.3 Å².